The first-order valence-corrected chi connectivity index (χ1v) is 6.42. The average Bonchev–Trinajstić information content (AvgIpc) is 3.02. The smallest absolute Gasteiger partial charge is 0.0791 e. The van der Waals surface area contributed by atoms with Gasteiger partial charge in [0.1, 0.15) is 0 Å². The van der Waals surface area contributed by atoms with Crippen molar-refractivity contribution >= 4 is 0 Å². The van der Waals surface area contributed by atoms with E-state index in [2.05, 4.69) is 13.3 Å². The van der Waals surface area contributed by atoms with Gasteiger partial charge in [-0.1, -0.05) is 26.2 Å². The molecule has 1 saturated heterocycles. The summed E-state index contributed by atoms with van der Waals surface area (Å²) in [7, 11) is 0. The fourth-order valence-corrected chi connectivity index (χ4v) is 2.50. The maximum atomic E-state index is 9.18. The van der Waals surface area contributed by atoms with Crippen LogP contribution < -0.4 is 0 Å². The summed E-state index contributed by atoms with van der Waals surface area (Å²) in [5.74, 6) is 0.559. The SMILES string of the molecule is CC1CCCCC1O.[CH-]1CCC2OC2C1.[CH3-].[Y]. The van der Waals surface area contributed by atoms with Gasteiger partial charge in [0.15, 0.2) is 0 Å². The Kier molecular flexibility index (Phi) is 9.55. The van der Waals surface area contributed by atoms with Crippen molar-refractivity contribution in [2.75, 3.05) is 0 Å². The topological polar surface area (TPSA) is 32.8 Å². The van der Waals surface area contributed by atoms with E-state index in [1.54, 1.807) is 0 Å². The molecule has 17 heavy (non-hydrogen) atoms. The van der Waals surface area contributed by atoms with Crippen molar-refractivity contribution in [3.05, 3.63) is 13.8 Å². The molecule has 3 rings (SSSR count). The van der Waals surface area contributed by atoms with Crippen LogP contribution in [0.25, 0.3) is 0 Å². The molecule has 0 spiro atoms. The molecular weight excluding hydrogens is 289 g/mol. The van der Waals surface area contributed by atoms with E-state index in [0.29, 0.717) is 18.1 Å². The summed E-state index contributed by atoms with van der Waals surface area (Å²) in [6, 6.07) is 0. The van der Waals surface area contributed by atoms with Gasteiger partial charge < -0.3 is 23.7 Å². The normalized spacial score (nSPS) is 38.5. The number of rotatable bonds is 0. The molecule has 2 saturated carbocycles. The minimum atomic E-state index is 0. The van der Waals surface area contributed by atoms with Gasteiger partial charge in [0.05, 0.1) is 18.3 Å². The summed E-state index contributed by atoms with van der Waals surface area (Å²) < 4.78 is 5.25. The zero-order chi connectivity index (χ0) is 10.7. The fraction of sp³-hybridized carbons (Fsp3) is 0.857. The van der Waals surface area contributed by atoms with Crippen molar-refractivity contribution in [1.29, 1.82) is 0 Å². The maximum Gasteiger partial charge on any atom is 0.0791 e. The minimum absolute atomic E-state index is 0. The first kappa shape index (κ1) is 18.0. The summed E-state index contributed by atoms with van der Waals surface area (Å²) >= 11 is 0. The standard InChI is InChI=1S/C7H14O.C6H9O.CH3.Y/c1-6-4-2-3-5-7(6)8;1-2-4-6-5(3-1)7-6;;/h6-8H,2-5H2,1H3;1,5-6H,2-4H2;1H3;/q;2*-1;. The van der Waals surface area contributed by atoms with Crippen molar-refractivity contribution in [2.24, 2.45) is 5.92 Å². The van der Waals surface area contributed by atoms with Gasteiger partial charge in [-0.05, 0) is 18.8 Å². The Bertz CT molecular complexity index is 179. The van der Waals surface area contributed by atoms with Crippen molar-refractivity contribution in [1.82, 2.24) is 0 Å². The molecule has 2 nitrogen and oxygen atoms in total. The van der Waals surface area contributed by atoms with Gasteiger partial charge in [0, 0.05) is 32.7 Å². The number of hydrogen-bond donors (Lipinski definition) is 1. The van der Waals surface area contributed by atoms with Crippen molar-refractivity contribution in [3.63, 3.8) is 0 Å². The second-order valence-corrected chi connectivity index (χ2v) is 5.14. The zero-order valence-corrected chi connectivity index (χ0v) is 14.1. The van der Waals surface area contributed by atoms with E-state index >= 15 is 0 Å². The van der Waals surface area contributed by atoms with Crippen LogP contribution in [0.2, 0.25) is 0 Å². The summed E-state index contributed by atoms with van der Waals surface area (Å²) in [6.07, 6.45) is 12.2. The second kappa shape index (κ2) is 9.01. The van der Waals surface area contributed by atoms with E-state index in [0.717, 1.165) is 6.42 Å². The van der Waals surface area contributed by atoms with Crippen LogP contribution in [0, 0.1) is 19.8 Å². The van der Waals surface area contributed by atoms with Crippen LogP contribution >= 0.6 is 0 Å². The van der Waals surface area contributed by atoms with Crippen molar-refractivity contribution < 1.29 is 42.6 Å². The number of epoxide rings is 1. The van der Waals surface area contributed by atoms with Gasteiger partial charge in [-0.2, -0.15) is 6.42 Å². The van der Waals surface area contributed by atoms with Crippen LogP contribution in [0.5, 0.6) is 0 Å². The van der Waals surface area contributed by atoms with Crippen LogP contribution in [0.3, 0.4) is 0 Å². The zero-order valence-electron chi connectivity index (χ0n) is 11.3. The van der Waals surface area contributed by atoms with E-state index in [1.165, 1.54) is 38.5 Å². The molecule has 4 atom stereocenters. The molecule has 2 aliphatic carbocycles. The number of fused-ring (bicyclic) bond motifs is 1. The molecule has 1 N–H and O–H groups in total. The first-order chi connectivity index (χ1) is 7.27. The van der Waals surface area contributed by atoms with E-state index in [-0.39, 0.29) is 46.2 Å². The predicted octanol–water partition coefficient (Wildman–Crippen LogP) is 3.15. The molecule has 3 fully saturated rings. The molecule has 3 aliphatic rings. The van der Waals surface area contributed by atoms with Crippen LogP contribution in [0.1, 0.15) is 51.9 Å². The minimum Gasteiger partial charge on any atom is -0.393 e. The molecule has 0 aromatic heterocycles. The molecule has 0 bridgehead atoms. The average molecular weight is 315 g/mol. The van der Waals surface area contributed by atoms with E-state index in [9.17, 15) is 5.11 Å². The molecule has 3 heteroatoms. The molecule has 99 valence electrons. The predicted molar refractivity (Wildman–Crippen MR) is 66.9 cm³/mol. The Morgan fingerprint density at radius 1 is 1.12 bits per heavy atom. The summed E-state index contributed by atoms with van der Waals surface area (Å²) in [5, 5.41) is 9.18. The number of hydrogen-bond acceptors (Lipinski definition) is 2. The van der Waals surface area contributed by atoms with E-state index < -0.39 is 0 Å². The molecule has 1 aliphatic heterocycles. The van der Waals surface area contributed by atoms with Crippen LogP contribution in [-0.2, 0) is 37.4 Å². The van der Waals surface area contributed by atoms with Gasteiger partial charge in [-0.15, -0.1) is 6.42 Å². The Balaban J connectivity index is 0.000000270. The van der Waals surface area contributed by atoms with Crippen LogP contribution in [0.4, 0.5) is 0 Å². The summed E-state index contributed by atoms with van der Waals surface area (Å²) in [5.41, 5.74) is 0. The first-order valence-electron chi connectivity index (χ1n) is 6.42. The summed E-state index contributed by atoms with van der Waals surface area (Å²) in [6.45, 7) is 2.13. The third-order valence-corrected chi connectivity index (χ3v) is 3.81. The number of aliphatic hydroxyl groups is 1. The molecule has 1 radical (unpaired) electrons. The van der Waals surface area contributed by atoms with Gasteiger partial charge >= 0.3 is 0 Å². The Labute approximate surface area is 132 Å². The third-order valence-electron chi connectivity index (χ3n) is 3.81. The Hall–Kier alpha value is 1.02. The van der Waals surface area contributed by atoms with Gasteiger partial charge in [-0.3, -0.25) is 0 Å². The van der Waals surface area contributed by atoms with E-state index in [1.807, 2.05) is 0 Å². The molecule has 0 aromatic rings. The number of ether oxygens (including phenoxy) is 1. The third kappa shape index (κ3) is 6.14. The van der Waals surface area contributed by atoms with Gasteiger partial charge in [0.25, 0.3) is 0 Å². The summed E-state index contributed by atoms with van der Waals surface area (Å²) in [4.78, 5) is 0. The molecule has 4 unspecified atom stereocenters. The molecule has 0 amide bonds. The molecule has 0 aromatic carbocycles. The largest absolute Gasteiger partial charge is 0.393 e. The Morgan fingerprint density at radius 2 is 1.82 bits per heavy atom. The quantitative estimate of drug-likeness (QED) is 0.550. The van der Waals surface area contributed by atoms with Gasteiger partial charge in [0.2, 0.25) is 0 Å². The Morgan fingerprint density at radius 3 is 2.24 bits per heavy atom. The monoisotopic (exact) mass is 315 g/mol. The molecular formula is C14H26O2Y-2. The number of aliphatic hydroxyl groups excluding tert-OH is 1. The van der Waals surface area contributed by atoms with E-state index in [4.69, 9.17) is 4.74 Å². The van der Waals surface area contributed by atoms with Gasteiger partial charge in [-0.25, -0.2) is 0 Å². The van der Waals surface area contributed by atoms with Crippen LogP contribution in [-0.4, -0.2) is 23.4 Å². The van der Waals surface area contributed by atoms with Crippen molar-refractivity contribution in [3.8, 4) is 0 Å². The fourth-order valence-electron chi connectivity index (χ4n) is 2.50. The van der Waals surface area contributed by atoms with Crippen LogP contribution in [0.15, 0.2) is 0 Å². The molecule has 1 heterocycles. The van der Waals surface area contributed by atoms with Crippen molar-refractivity contribution in [2.45, 2.75) is 70.2 Å². The second-order valence-electron chi connectivity index (χ2n) is 5.14. The maximum absolute atomic E-state index is 9.18.